The lowest BCUT2D eigenvalue weighted by Gasteiger charge is -2.27. The van der Waals surface area contributed by atoms with Crippen molar-refractivity contribution in [2.75, 3.05) is 39.6 Å². The zero-order chi connectivity index (χ0) is 25.8. The van der Waals surface area contributed by atoms with Crippen LogP contribution in [0.4, 0.5) is 10.3 Å². The third-order valence-corrected chi connectivity index (χ3v) is 6.71. The topological polar surface area (TPSA) is 91.3 Å². The second-order valence-corrected chi connectivity index (χ2v) is 9.17. The molecule has 2 N–H and O–H groups in total. The zero-order valence-electron chi connectivity index (χ0n) is 21.1. The van der Waals surface area contributed by atoms with Crippen LogP contribution < -0.4 is 10.5 Å². The summed E-state index contributed by atoms with van der Waals surface area (Å²) in [6, 6.07) is 16.6. The van der Waals surface area contributed by atoms with Crippen molar-refractivity contribution in [1.82, 2.24) is 24.4 Å². The molecular weight excluding hydrogens is 471 g/mol. The molecule has 37 heavy (non-hydrogen) atoms. The summed E-state index contributed by atoms with van der Waals surface area (Å²) in [7, 11) is 3.40. The predicted octanol–water partition coefficient (Wildman–Crippen LogP) is 4.37. The second-order valence-electron chi connectivity index (χ2n) is 9.17. The van der Waals surface area contributed by atoms with Gasteiger partial charge in [0.05, 0.1) is 30.8 Å². The van der Waals surface area contributed by atoms with E-state index in [0.717, 1.165) is 61.0 Å². The summed E-state index contributed by atoms with van der Waals surface area (Å²) in [6.07, 6.45) is 3.46. The van der Waals surface area contributed by atoms with Crippen molar-refractivity contribution >= 4 is 5.95 Å². The molecule has 1 aliphatic heterocycles. The van der Waals surface area contributed by atoms with E-state index < -0.39 is 0 Å². The summed E-state index contributed by atoms with van der Waals surface area (Å²) in [4.78, 5) is 16.0. The van der Waals surface area contributed by atoms with Crippen LogP contribution in [0.5, 0.6) is 5.75 Å². The number of anilines is 1. The molecule has 0 aliphatic carbocycles. The number of aryl methyl sites for hydroxylation is 1. The average Bonchev–Trinajstić information content (AvgIpc) is 3.47. The minimum Gasteiger partial charge on any atom is -0.497 e. The molecule has 4 aromatic rings. The van der Waals surface area contributed by atoms with Crippen molar-refractivity contribution in [3.8, 4) is 28.4 Å². The highest BCUT2D eigenvalue weighted by Crippen LogP contribution is 2.39. The van der Waals surface area contributed by atoms with Crippen LogP contribution in [0.3, 0.4) is 0 Å². The van der Waals surface area contributed by atoms with E-state index in [2.05, 4.69) is 31.6 Å². The fraction of sp³-hybridized carbons (Fsp3) is 0.321. The molecule has 9 heteroatoms. The Balaban J connectivity index is 1.51. The van der Waals surface area contributed by atoms with Gasteiger partial charge in [0, 0.05) is 51.0 Å². The highest BCUT2D eigenvalue weighted by Gasteiger charge is 2.32. The largest absolute Gasteiger partial charge is 0.497 e. The van der Waals surface area contributed by atoms with E-state index in [4.69, 9.17) is 20.2 Å². The SMILES string of the molecule is COCCN(Cc1cccc(OC)c1)CC1CCc2nc(-c3ccc(F)cc3)c(-c3ccnc(N)n3)n21. The number of nitrogen functional groups attached to an aromatic ring is 1. The molecular formula is C28H31FN6O2. The number of imidazole rings is 1. The Hall–Kier alpha value is -3.82. The first-order chi connectivity index (χ1) is 18.1. The Morgan fingerprint density at radius 2 is 1.95 bits per heavy atom. The Labute approximate surface area is 215 Å². The number of nitrogens with two attached hydrogens (primary N) is 1. The maximum Gasteiger partial charge on any atom is 0.220 e. The molecule has 8 nitrogen and oxygen atoms in total. The van der Waals surface area contributed by atoms with Crippen molar-refractivity contribution in [2.24, 2.45) is 0 Å². The number of hydrogen-bond donors (Lipinski definition) is 1. The number of aromatic nitrogens is 4. The second kappa shape index (κ2) is 11.1. The van der Waals surface area contributed by atoms with Crippen LogP contribution in [0.25, 0.3) is 22.6 Å². The Morgan fingerprint density at radius 1 is 1.11 bits per heavy atom. The van der Waals surface area contributed by atoms with Crippen molar-refractivity contribution in [3.63, 3.8) is 0 Å². The monoisotopic (exact) mass is 502 g/mol. The summed E-state index contributed by atoms with van der Waals surface area (Å²) in [6.45, 7) is 2.99. The van der Waals surface area contributed by atoms with Gasteiger partial charge in [-0.15, -0.1) is 0 Å². The standard InChI is InChI=1S/C28H31FN6O2/c1-36-15-14-34(17-19-4-3-5-23(16-19)37-2)18-22-10-11-25-33-26(20-6-8-21(29)9-7-20)27(35(22)25)24-12-13-31-28(30)32-24/h3-9,12-13,16,22H,10-11,14-15,17-18H2,1-2H3,(H2,30,31,32). The number of hydrogen-bond acceptors (Lipinski definition) is 7. The van der Waals surface area contributed by atoms with Crippen LogP contribution in [-0.2, 0) is 17.7 Å². The van der Waals surface area contributed by atoms with Crippen LogP contribution in [-0.4, -0.2) is 58.3 Å². The molecule has 0 spiro atoms. The molecule has 0 radical (unpaired) electrons. The van der Waals surface area contributed by atoms with Gasteiger partial charge in [-0.25, -0.2) is 19.3 Å². The molecule has 1 atom stereocenters. The van der Waals surface area contributed by atoms with Gasteiger partial charge in [0.15, 0.2) is 0 Å². The van der Waals surface area contributed by atoms with Gasteiger partial charge in [0.2, 0.25) is 5.95 Å². The first kappa shape index (κ1) is 24.9. The molecule has 2 aromatic heterocycles. The third kappa shape index (κ3) is 5.47. The Kier molecular flexibility index (Phi) is 7.43. The van der Waals surface area contributed by atoms with E-state index in [1.54, 1.807) is 32.5 Å². The summed E-state index contributed by atoms with van der Waals surface area (Å²) in [5, 5.41) is 0. The number of ether oxygens (including phenoxy) is 2. The van der Waals surface area contributed by atoms with Crippen molar-refractivity contribution in [1.29, 1.82) is 0 Å². The van der Waals surface area contributed by atoms with E-state index in [1.165, 1.54) is 17.7 Å². The third-order valence-electron chi connectivity index (χ3n) is 6.71. The predicted molar refractivity (Wildman–Crippen MR) is 141 cm³/mol. The number of rotatable bonds is 10. The van der Waals surface area contributed by atoms with Crippen LogP contribution >= 0.6 is 0 Å². The molecule has 1 aliphatic rings. The fourth-order valence-electron chi connectivity index (χ4n) is 4.99. The fourth-order valence-corrected chi connectivity index (χ4v) is 4.99. The highest BCUT2D eigenvalue weighted by atomic mass is 19.1. The molecule has 192 valence electrons. The first-order valence-electron chi connectivity index (χ1n) is 12.4. The number of benzene rings is 2. The molecule has 0 saturated heterocycles. The van der Waals surface area contributed by atoms with Crippen LogP contribution in [0, 0.1) is 5.82 Å². The van der Waals surface area contributed by atoms with Gasteiger partial charge in [-0.2, -0.15) is 0 Å². The summed E-state index contributed by atoms with van der Waals surface area (Å²) in [5.74, 6) is 1.75. The van der Waals surface area contributed by atoms with Gasteiger partial charge in [-0.1, -0.05) is 12.1 Å². The summed E-state index contributed by atoms with van der Waals surface area (Å²) < 4.78 is 26.8. The molecule has 0 fully saturated rings. The van der Waals surface area contributed by atoms with Crippen LogP contribution in [0.2, 0.25) is 0 Å². The van der Waals surface area contributed by atoms with Gasteiger partial charge in [-0.3, -0.25) is 4.90 Å². The lowest BCUT2D eigenvalue weighted by Crippen LogP contribution is -2.32. The summed E-state index contributed by atoms with van der Waals surface area (Å²) >= 11 is 0. The number of fused-ring (bicyclic) bond motifs is 1. The number of halogens is 1. The minimum atomic E-state index is -0.285. The van der Waals surface area contributed by atoms with E-state index in [9.17, 15) is 4.39 Å². The molecule has 0 saturated carbocycles. The first-order valence-corrected chi connectivity index (χ1v) is 12.4. The maximum absolute atomic E-state index is 13.7. The van der Waals surface area contributed by atoms with E-state index in [-0.39, 0.29) is 17.8 Å². The lowest BCUT2D eigenvalue weighted by atomic mass is 10.1. The average molecular weight is 503 g/mol. The molecule has 0 bridgehead atoms. The minimum absolute atomic E-state index is 0.172. The number of nitrogens with zero attached hydrogens (tertiary/aromatic N) is 5. The molecule has 5 rings (SSSR count). The normalized spacial score (nSPS) is 14.8. The van der Waals surface area contributed by atoms with Crippen molar-refractivity contribution in [3.05, 3.63) is 78.0 Å². The zero-order valence-corrected chi connectivity index (χ0v) is 21.1. The van der Waals surface area contributed by atoms with E-state index in [0.29, 0.717) is 12.3 Å². The van der Waals surface area contributed by atoms with Gasteiger partial charge >= 0.3 is 0 Å². The lowest BCUT2D eigenvalue weighted by molar-refractivity contribution is 0.134. The Bertz CT molecular complexity index is 1360. The van der Waals surface area contributed by atoms with E-state index >= 15 is 0 Å². The molecule has 1 unspecified atom stereocenters. The number of methoxy groups -OCH3 is 2. The van der Waals surface area contributed by atoms with Gasteiger partial charge in [0.25, 0.3) is 0 Å². The maximum atomic E-state index is 13.7. The van der Waals surface area contributed by atoms with Crippen molar-refractivity contribution < 1.29 is 13.9 Å². The van der Waals surface area contributed by atoms with E-state index in [1.807, 2.05) is 18.2 Å². The van der Waals surface area contributed by atoms with Crippen LogP contribution in [0.1, 0.15) is 23.9 Å². The molecule has 0 amide bonds. The molecule has 3 heterocycles. The van der Waals surface area contributed by atoms with Crippen molar-refractivity contribution in [2.45, 2.75) is 25.4 Å². The van der Waals surface area contributed by atoms with Gasteiger partial charge in [-0.05, 0) is 54.4 Å². The smallest absolute Gasteiger partial charge is 0.220 e. The summed E-state index contributed by atoms with van der Waals surface area (Å²) in [5.41, 5.74) is 10.3. The quantitative estimate of drug-likeness (QED) is 0.344. The van der Waals surface area contributed by atoms with Crippen LogP contribution in [0.15, 0.2) is 60.8 Å². The molecule has 2 aromatic carbocycles. The highest BCUT2D eigenvalue weighted by molar-refractivity contribution is 5.78. The van der Waals surface area contributed by atoms with Gasteiger partial charge in [0.1, 0.15) is 17.4 Å². The Morgan fingerprint density at radius 3 is 2.70 bits per heavy atom. The van der Waals surface area contributed by atoms with Gasteiger partial charge < -0.3 is 19.8 Å².